The van der Waals surface area contributed by atoms with Crippen LogP contribution in [-0.2, 0) is 0 Å². The molecule has 5 rings (SSSR count). The summed E-state index contributed by atoms with van der Waals surface area (Å²) in [6.45, 7) is 2.08. The lowest BCUT2D eigenvalue weighted by atomic mass is 9.89. The summed E-state index contributed by atoms with van der Waals surface area (Å²) < 4.78 is 76.2. The minimum absolute atomic E-state index is 0.00368. The zero-order valence-electron chi connectivity index (χ0n) is 17.5. The Bertz CT molecular complexity index is 1040. The molecule has 0 radical (unpaired) electrons. The Morgan fingerprint density at radius 3 is 2.55 bits per heavy atom. The molecule has 3 aliphatic rings. The zero-order valence-corrected chi connectivity index (χ0v) is 17.5. The van der Waals surface area contributed by atoms with Crippen LogP contribution >= 0.6 is 0 Å². The van der Waals surface area contributed by atoms with Gasteiger partial charge in [-0.25, -0.2) is 9.37 Å². The normalized spacial score (nSPS) is 25.7. The van der Waals surface area contributed by atoms with Crippen molar-refractivity contribution in [1.29, 1.82) is 0 Å². The number of fused-ring (bicyclic) bond motifs is 2. The van der Waals surface area contributed by atoms with Gasteiger partial charge in [-0.1, -0.05) is 6.42 Å². The Kier molecular flexibility index (Phi) is 5.42. The van der Waals surface area contributed by atoms with E-state index in [2.05, 4.69) is 35.0 Å². The summed E-state index contributed by atoms with van der Waals surface area (Å²) >= 11 is 0. The molecule has 0 aliphatic carbocycles. The van der Waals surface area contributed by atoms with Crippen LogP contribution in [0.1, 0.15) is 32.1 Å². The van der Waals surface area contributed by atoms with E-state index in [1.807, 2.05) is 0 Å². The molecule has 12 heteroatoms. The molecule has 2 aromatic rings. The van der Waals surface area contributed by atoms with Crippen LogP contribution in [0.5, 0.6) is 11.5 Å². The highest BCUT2D eigenvalue weighted by atomic mass is 19.3. The molecule has 2 atom stereocenters. The number of piperidine rings is 2. The summed E-state index contributed by atoms with van der Waals surface area (Å²) in [6, 6.07) is 3.79. The second-order valence-corrected chi connectivity index (χ2v) is 8.41. The van der Waals surface area contributed by atoms with Crippen molar-refractivity contribution in [3.05, 3.63) is 30.2 Å². The fraction of sp³-hybridized carbons (Fsp3) is 0.524. The number of nitrogens with zero attached hydrogens (tertiary/aromatic N) is 3. The lowest BCUT2D eigenvalue weighted by Gasteiger charge is -2.44. The number of halogens is 5. The van der Waals surface area contributed by atoms with Gasteiger partial charge >= 0.3 is 12.2 Å². The summed E-state index contributed by atoms with van der Waals surface area (Å²) in [5.74, 6) is -1.68. The SMILES string of the molecule is Fc1cnc(Nc2ccc3c(c2)OC(F)(F)C(F)(F)O3)nc1N[C@@H]1CCCN2CCCC[C@H]12. The molecule has 4 heterocycles. The standard InChI is InChI=1S/C21H22F5N5O2/c22-13-11-27-19(30-18(13)29-14-4-3-9-31-8-2-1-5-15(14)31)28-12-6-7-16-17(10-12)33-21(25,26)20(23,24)32-16/h6-7,10-11,14-15H,1-5,8-9H2,(H2,27,28,29,30)/t14-,15-/m1/s1. The molecule has 0 amide bonds. The number of anilines is 3. The highest BCUT2D eigenvalue weighted by molar-refractivity contribution is 5.61. The summed E-state index contributed by atoms with van der Waals surface area (Å²) in [6.07, 6.45) is -3.37. The third-order valence-electron chi connectivity index (χ3n) is 6.17. The molecule has 7 nitrogen and oxygen atoms in total. The predicted molar refractivity (Wildman–Crippen MR) is 109 cm³/mol. The number of nitrogens with one attached hydrogen (secondary N) is 2. The Hall–Kier alpha value is -2.89. The van der Waals surface area contributed by atoms with Crippen LogP contribution in [0.2, 0.25) is 0 Å². The first-order chi connectivity index (χ1) is 15.7. The highest BCUT2D eigenvalue weighted by Gasteiger charge is 2.65. The van der Waals surface area contributed by atoms with Crippen molar-refractivity contribution in [2.75, 3.05) is 23.7 Å². The maximum atomic E-state index is 14.5. The van der Waals surface area contributed by atoms with Gasteiger partial charge in [-0.15, -0.1) is 0 Å². The Labute approximate surface area is 186 Å². The fourth-order valence-corrected chi connectivity index (χ4v) is 4.60. The van der Waals surface area contributed by atoms with E-state index in [1.54, 1.807) is 0 Å². The van der Waals surface area contributed by atoms with E-state index in [0.29, 0.717) is 6.04 Å². The topological polar surface area (TPSA) is 71.5 Å². The van der Waals surface area contributed by atoms with E-state index in [9.17, 15) is 22.0 Å². The van der Waals surface area contributed by atoms with Crippen molar-refractivity contribution in [1.82, 2.24) is 14.9 Å². The van der Waals surface area contributed by atoms with Crippen molar-refractivity contribution >= 4 is 17.5 Å². The third kappa shape index (κ3) is 4.23. The molecular formula is C21H22F5N5O2. The van der Waals surface area contributed by atoms with Crippen LogP contribution in [0.25, 0.3) is 0 Å². The van der Waals surface area contributed by atoms with Gasteiger partial charge in [-0.3, -0.25) is 4.90 Å². The minimum Gasteiger partial charge on any atom is -0.421 e. The minimum atomic E-state index is -4.82. The van der Waals surface area contributed by atoms with Gasteiger partial charge in [0.15, 0.2) is 23.1 Å². The number of alkyl halides is 4. The molecule has 3 aliphatic heterocycles. The molecular weight excluding hydrogens is 449 g/mol. The molecule has 0 spiro atoms. The molecule has 2 saturated heterocycles. The average molecular weight is 471 g/mol. The van der Waals surface area contributed by atoms with Gasteiger partial charge in [-0.05, 0) is 50.9 Å². The van der Waals surface area contributed by atoms with E-state index in [-0.39, 0.29) is 23.5 Å². The van der Waals surface area contributed by atoms with Gasteiger partial charge in [0.1, 0.15) is 0 Å². The Morgan fingerprint density at radius 2 is 1.73 bits per heavy atom. The van der Waals surface area contributed by atoms with Gasteiger partial charge in [0.2, 0.25) is 5.95 Å². The van der Waals surface area contributed by atoms with E-state index in [1.165, 1.54) is 6.07 Å². The van der Waals surface area contributed by atoms with E-state index in [0.717, 1.165) is 63.5 Å². The van der Waals surface area contributed by atoms with Crippen LogP contribution in [-0.4, -0.2) is 52.3 Å². The van der Waals surface area contributed by atoms with Crippen LogP contribution in [0, 0.1) is 5.82 Å². The molecule has 1 aromatic carbocycles. The maximum Gasteiger partial charge on any atom is 0.507 e. The van der Waals surface area contributed by atoms with Crippen molar-refractivity contribution in [3.8, 4) is 11.5 Å². The van der Waals surface area contributed by atoms with Crippen LogP contribution in [0.4, 0.5) is 39.4 Å². The summed E-state index contributed by atoms with van der Waals surface area (Å²) in [4.78, 5) is 10.5. The van der Waals surface area contributed by atoms with Crippen LogP contribution in [0.15, 0.2) is 24.4 Å². The molecule has 0 saturated carbocycles. The average Bonchev–Trinajstić information content (AvgIpc) is 2.77. The predicted octanol–water partition coefficient (Wildman–Crippen LogP) is 4.74. The van der Waals surface area contributed by atoms with Gasteiger partial charge in [-0.2, -0.15) is 22.5 Å². The number of benzene rings is 1. The summed E-state index contributed by atoms with van der Waals surface area (Å²) in [5, 5.41) is 5.97. The first-order valence-electron chi connectivity index (χ1n) is 10.8. The number of rotatable bonds is 4. The van der Waals surface area contributed by atoms with Gasteiger partial charge in [0.05, 0.1) is 6.20 Å². The molecule has 33 heavy (non-hydrogen) atoms. The second-order valence-electron chi connectivity index (χ2n) is 8.41. The lowest BCUT2D eigenvalue weighted by molar-refractivity contribution is -0.391. The second kappa shape index (κ2) is 8.15. The third-order valence-corrected chi connectivity index (χ3v) is 6.17. The van der Waals surface area contributed by atoms with E-state index in [4.69, 9.17) is 0 Å². The first kappa shape index (κ1) is 21.9. The largest absolute Gasteiger partial charge is 0.507 e. The number of hydrogen-bond acceptors (Lipinski definition) is 7. The summed E-state index contributed by atoms with van der Waals surface area (Å²) in [5.41, 5.74) is 0.173. The Morgan fingerprint density at radius 1 is 0.970 bits per heavy atom. The quantitative estimate of drug-likeness (QED) is 0.624. The molecule has 2 fully saturated rings. The van der Waals surface area contributed by atoms with Crippen molar-refractivity contribution in [2.45, 2.75) is 56.4 Å². The molecule has 0 bridgehead atoms. The highest BCUT2D eigenvalue weighted by Crippen LogP contribution is 2.47. The fourth-order valence-electron chi connectivity index (χ4n) is 4.60. The van der Waals surface area contributed by atoms with Crippen molar-refractivity contribution in [3.63, 3.8) is 0 Å². The maximum absolute atomic E-state index is 14.5. The van der Waals surface area contributed by atoms with Gasteiger partial charge in [0, 0.05) is 23.8 Å². The van der Waals surface area contributed by atoms with E-state index < -0.39 is 29.5 Å². The first-order valence-corrected chi connectivity index (χ1v) is 10.8. The zero-order chi connectivity index (χ0) is 23.2. The molecule has 0 unspecified atom stereocenters. The van der Waals surface area contributed by atoms with Gasteiger partial charge < -0.3 is 20.1 Å². The number of aromatic nitrogens is 2. The number of hydrogen-bond donors (Lipinski definition) is 2. The molecule has 1 aromatic heterocycles. The number of ether oxygens (including phenoxy) is 2. The monoisotopic (exact) mass is 471 g/mol. The lowest BCUT2D eigenvalue weighted by Crippen LogP contribution is -2.53. The van der Waals surface area contributed by atoms with Crippen LogP contribution in [0.3, 0.4) is 0 Å². The van der Waals surface area contributed by atoms with Crippen molar-refractivity contribution < 1.29 is 31.4 Å². The van der Waals surface area contributed by atoms with Crippen LogP contribution < -0.4 is 20.1 Å². The smallest absolute Gasteiger partial charge is 0.421 e. The molecule has 2 N–H and O–H groups in total. The van der Waals surface area contributed by atoms with E-state index >= 15 is 0 Å². The summed E-state index contributed by atoms with van der Waals surface area (Å²) in [7, 11) is 0. The van der Waals surface area contributed by atoms with Gasteiger partial charge in [0.25, 0.3) is 0 Å². The molecule has 178 valence electrons. The Balaban J connectivity index is 1.33. The van der Waals surface area contributed by atoms with Crippen molar-refractivity contribution in [2.24, 2.45) is 0 Å².